The maximum Gasteiger partial charge on any atom is 0.254 e. The summed E-state index contributed by atoms with van der Waals surface area (Å²) in [6.45, 7) is 6.20. The van der Waals surface area contributed by atoms with Crippen LogP contribution in [0.4, 0.5) is 4.39 Å². The van der Waals surface area contributed by atoms with Crippen LogP contribution in [-0.2, 0) is 0 Å². The van der Waals surface area contributed by atoms with Gasteiger partial charge in [0.05, 0.1) is 0 Å². The van der Waals surface area contributed by atoms with Gasteiger partial charge < -0.3 is 4.90 Å². The number of amides is 1. The van der Waals surface area contributed by atoms with E-state index in [1.54, 1.807) is 24.0 Å². The van der Waals surface area contributed by atoms with Crippen LogP contribution >= 0.6 is 15.9 Å². The molecule has 4 heteroatoms. The van der Waals surface area contributed by atoms with Crippen molar-refractivity contribution in [1.82, 2.24) is 4.90 Å². The van der Waals surface area contributed by atoms with E-state index in [4.69, 9.17) is 0 Å². The van der Waals surface area contributed by atoms with E-state index in [0.29, 0.717) is 23.0 Å². The van der Waals surface area contributed by atoms with Crippen molar-refractivity contribution < 1.29 is 9.18 Å². The van der Waals surface area contributed by atoms with Crippen molar-refractivity contribution in [2.24, 2.45) is 0 Å². The second kappa shape index (κ2) is 6.15. The predicted molar refractivity (Wildman–Crippen MR) is 71.1 cm³/mol. The normalized spacial score (nSPS) is 10.7. The van der Waals surface area contributed by atoms with Gasteiger partial charge in [0.15, 0.2) is 0 Å². The number of hydrogen-bond acceptors (Lipinski definition) is 1. The van der Waals surface area contributed by atoms with Crippen molar-refractivity contribution in [2.75, 3.05) is 11.9 Å². The van der Waals surface area contributed by atoms with E-state index < -0.39 is 0 Å². The quantitative estimate of drug-likeness (QED) is 0.781. The van der Waals surface area contributed by atoms with Crippen LogP contribution in [0.1, 0.15) is 29.8 Å². The van der Waals surface area contributed by atoms with Crippen LogP contribution < -0.4 is 0 Å². The summed E-state index contributed by atoms with van der Waals surface area (Å²) < 4.78 is 13.4. The average molecular weight is 302 g/mol. The highest BCUT2D eigenvalue weighted by molar-refractivity contribution is 9.09. The van der Waals surface area contributed by atoms with Gasteiger partial charge in [0.1, 0.15) is 5.82 Å². The Morgan fingerprint density at radius 2 is 2.12 bits per heavy atom. The molecule has 0 saturated heterocycles. The Labute approximate surface area is 110 Å². The molecule has 0 aliphatic heterocycles. The molecule has 1 aromatic rings. The van der Waals surface area contributed by atoms with Crippen molar-refractivity contribution in [3.05, 3.63) is 35.1 Å². The van der Waals surface area contributed by atoms with Gasteiger partial charge in [0.25, 0.3) is 5.91 Å². The summed E-state index contributed by atoms with van der Waals surface area (Å²) in [5.74, 6) is -0.461. The van der Waals surface area contributed by atoms with Gasteiger partial charge in [-0.1, -0.05) is 22.0 Å². The highest BCUT2D eigenvalue weighted by atomic mass is 79.9. The van der Waals surface area contributed by atoms with Crippen LogP contribution in [0.2, 0.25) is 0 Å². The van der Waals surface area contributed by atoms with E-state index in [1.165, 1.54) is 6.07 Å². The maximum absolute atomic E-state index is 13.4. The van der Waals surface area contributed by atoms with Gasteiger partial charge in [-0.2, -0.15) is 0 Å². The molecular formula is C13H17BrFNO. The van der Waals surface area contributed by atoms with Crippen molar-refractivity contribution in [1.29, 1.82) is 0 Å². The number of nitrogens with zero attached hydrogens (tertiary/aromatic N) is 1. The van der Waals surface area contributed by atoms with Crippen LogP contribution in [0.5, 0.6) is 0 Å². The molecule has 0 heterocycles. The molecule has 0 radical (unpaired) electrons. The van der Waals surface area contributed by atoms with Crippen molar-refractivity contribution in [2.45, 2.75) is 26.8 Å². The number of carbonyl (C=O) groups excluding carboxylic acids is 1. The number of aryl methyl sites for hydroxylation is 1. The first kappa shape index (κ1) is 14.2. The molecule has 1 amide bonds. The Morgan fingerprint density at radius 1 is 1.47 bits per heavy atom. The zero-order valence-electron chi connectivity index (χ0n) is 10.3. The fraction of sp³-hybridized carbons (Fsp3) is 0.462. The van der Waals surface area contributed by atoms with Gasteiger partial charge in [-0.3, -0.25) is 4.79 Å². The Kier molecular flexibility index (Phi) is 5.12. The molecule has 0 aliphatic carbocycles. The summed E-state index contributed by atoms with van der Waals surface area (Å²) in [6, 6.07) is 4.71. The van der Waals surface area contributed by atoms with E-state index in [9.17, 15) is 9.18 Å². The van der Waals surface area contributed by atoms with Crippen LogP contribution in [0.25, 0.3) is 0 Å². The van der Waals surface area contributed by atoms with E-state index in [1.807, 2.05) is 13.8 Å². The molecule has 2 nitrogen and oxygen atoms in total. The van der Waals surface area contributed by atoms with Crippen LogP contribution in [-0.4, -0.2) is 28.7 Å². The third-order valence-electron chi connectivity index (χ3n) is 2.63. The molecule has 0 saturated carbocycles. The lowest BCUT2D eigenvalue weighted by molar-refractivity contribution is 0.0719. The molecule has 1 rings (SSSR count). The highest BCUT2D eigenvalue weighted by Gasteiger charge is 2.18. The number of rotatable bonds is 4. The summed E-state index contributed by atoms with van der Waals surface area (Å²) in [5, 5.41) is 0.714. The summed E-state index contributed by atoms with van der Waals surface area (Å²) in [6.07, 6.45) is 0. The molecule has 0 atom stereocenters. The Bertz CT molecular complexity index is 406. The zero-order chi connectivity index (χ0) is 13.0. The van der Waals surface area contributed by atoms with Gasteiger partial charge in [-0.05, 0) is 38.5 Å². The lowest BCUT2D eigenvalue weighted by atomic mass is 10.1. The lowest BCUT2D eigenvalue weighted by Gasteiger charge is -2.26. The molecule has 0 N–H and O–H groups in total. The molecule has 94 valence electrons. The maximum atomic E-state index is 13.4. The summed E-state index contributed by atoms with van der Waals surface area (Å²) in [7, 11) is 0. The standard InChI is InChI=1S/C13H17BrFNO/c1-9(2)16(7-6-14)13(17)11-5-4-10(3)12(15)8-11/h4-5,8-9H,6-7H2,1-3H3. The fourth-order valence-electron chi connectivity index (χ4n) is 1.58. The summed E-state index contributed by atoms with van der Waals surface area (Å²) >= 11 is 3.32. The highest BCUT2D eigenvalue weighted by Crippen LogP contribution is 2.13. The van der Waals surface area contributed by atoms with Gasteiger partial charge >= 0.3 is 0 Å². The Hall–Kier alpha value is -0.900. The van der Waals surface area contributed by atoms with E-state index >= 15 is 0 Å². The van der Waals surface area contributed by atoms with Gasteiger partial charge in [-0.25, -0.2) is 4.39 Å². The van der Waals surface area contributed by atoms with Gasteiger partial charge in [0.2, 0.25) is 0 Å². The van der Waals surface area contributed by atoms with Gasteiger partial charge in [-0.15, -0.1) is 0 Å². The lowest BCUT2D eigenvalue weighted by Crippen LogP contribution is -2.38. The first-order chi connectivity index (χ1) is 7.97. The minimum atomic E-state index is -0.335. The molecule has 0 aliphatic rings. The molecule has 1 aromatic carbocycles. The van der Waals surface area contributed by atoms with Crippen LogP contribution in [0.3, 0.4) is 0 Å². The second-order valence-electron chi connectivity index (χ2n) is 4.25. The van der Waals surface area contributed by atoms with Gasteiger partial charge in [0, 0.05) is 23.5 Å². The first-order valence-corrected chi connectivity index (χ1v) is 6.72. The molecule has 0 unspecified atom stereocenters. The number of benzene rings is 1. The molecule has 0 aromatic heterocycles. The minimum absolute atomic E-state index is 0.101. The largest absolute Gasteiger partial charge is 0.335 e. The second-order valence-corrected chi connectivity index (χ2v) is 5.04. The summed E-state index contributed by atoms with van der Waals surface area (Å²) in [4.78, 5) is 13.9. The molecule has 0 fully saturated rings. The third kappa shape index (κ3) is 3.53. The number of halogens is 2. The van der Waals surface area contributed by atoms with E-state index in [2.05, 4.69) is 15.9 Å². The monoisotopic (exact) mass is 301 g/mol. The zero-order valence-corrected chi connectivity index (χ0v) is 11.9. The van der Waals surface area contributed by atoms with Crippen molar-refractivity contribution >= 4 is 21.8 Å². The van der Waals surface area contributed by atoms with Crippen molar-refractivity contribution in [3.8, 4) is 0 Å². The summed E-state index contributed by atoms with van der Waals surface area (Å²) in [5.41, 5.74) is 0.959. The van der Waals surface area contributed by atoms with Crippen LogP contribution in [0, 0.1) is 12.7 Å². The number of hydrogen-bond donors (Lipinski definition) is 0. The van der Waals surface area contributed by atoms with Crippen molar-refractivity contribution in [3.63, 3.8) is 0 Å². The average Bonchev–Trinajstić information content (AvgIpc) is 2.28. The van der Waals surface area contributed by atoms with E-state index in [-0.39, 0.29) is 17.8 Å². The fourth-order valence-corrected chi connectivity index (χ4v) is 1.96. The van der Waals surface area contributed by atoms with Crippen LogP contribution in [0.15, 0.2) is 18.2 Å². The molecular weight excluding hydrogens is 285 g/mol. The Balaban J connectivity index is 2.97. The number of alkyl halides is 1. The SMILES string of the molecule is Cc1ccc(C(=O)N(CCBr)C(C)C)cc1F. The predicted octanol–water partition coefficient (Wildman–Crippen LogP) is 3.38. The molecule has 0 spiro atoms. The Morgan fingerprint density at radius 3 is 2.59 bits per heavy atom. The molecule has 17 heavy (non-hydrogen) atoms. The molecule has 0 bridgehead atoms. The smallest absolute Gasteiger partial charge is 0.254 e. The number of carbonyl (C=O) groups is 1. The topological polar surface area (TPSA) is 20.3 Å². The minimum Gasteiger partial charge on any atom is -0.335 e. The first-order valence-electron chi connectivity index (χ1n) is 5.60. The third-order valence-corrected chi connectivity index (χ3v) is 2.98. The van der Waals surface area contributed by atoms with E-state index in [0.717, 1.165) is 0 Å².